The van der Waals surface area contributed by atoms with Crippen LogP contribution in [0.15, 0.2) is 16.6 Å². The molecule has 0 saturated carbocycles. The molecule has 0 heterocycles. The molecular weight excluding hydrogens is 289 g/mol. The Balaban J connectivity index is 2.90. The average molecular weight is 306 g/mol. The quantitative estimate of drug-likeness (QED) is 0.788. The van der Waals surface area contributed by atoms with Gasteiger partial charge in [0.25, 0.3) is 0 Å². The molecule has 1 aromatic rings. The lowest BCUT2D eigenvalue weighted by atomic mass is 10.2. The number of alkyl halides is 1. The second kappa shape index (κ2) is 7.50. The Hall–Kier alpha value is -0.810. The van der Waals surface area contributed by atoms with Crippen LogP contribution >= 0.6 is 15.9 Å². The standard InChI is InChI=1S/C12H17BrFNO2/c1-2-16-11-7-9(8-15)6-10(13)12(11)17-5-3-4-14/h6-7H,2-5,8,15H2,1H3. The largest absolute Gasteiger partial charge is 0.490 e. The molecular formula is C12H17BrFNO2. The summed E-state index contributed by atoms with van der Waals surface area (Å²) in [6.07, 6.45) is 0.372. The fourth-order valence-electron chi connectivity index (χ4n) is 1.37. The van der Waals surface area contributed by atoms with Crippen LogP contribution in [-0.4, -0.2) is 19.9 Å². The second-order valence-corrected chi connectivity index (χ2v) is 4.29. The van der Waals surface area contributed by atoms with Gasteiger partial charge >= 0.3 is 0 Å². The third kappa shape index (κ3) is 4.16. The van der Waals surface area contributed by atoms with Crippen molar-refractivity contribution in [3.05, 3.63) is 22.2 Å². The highest BCUT2D eigenvalue weighted by Gasteiger charge is 2.11. The summed E-state index contributed by atoms with van der Waals surface area (Å²) < 4.78 is 23.8. The number of rotatable bonds is 7. The molecule has 0 atom stereocenters. The zero-order valence-electron chi connectivity index (χ0n) is 9.84. The molecule has 0 spiro atoms. The predicted molar refractivity (Wildman–Crippen MR) is 69.3 cm³/mol. The van der Waals surface area contributed by atoms with Crippen LogP contribution < -0.4 is 15.2 Å². The van der Waals surface area contributed by atoms with Gasteiger partial charge in [-0.1, -0.05) is 0 Å². The first kappa shape index (κ1) is 14.3. The van der Waals surface area contributed by atoms with Crippen LogP contribution in [0.4, 0.5) is 4.39 Å². The highest BCUT2D eigenvalue weighted by Crippen LogP contribution is 2.36. The summed E-state index contributed by atoms with van der Waals surface area (Å²) in [7, 11) is 0. The Kier molecular flexibility index (Phi) is 6.29. The number of benzene rings is 1. The van der Waals surface area contributed by atoms with Crippen LogP contribution in [0.1, 0.15) is 18.9 Å². The van der Waals surface area contributed by atoms with Gasteiger partial charge < -0.3 is 15.2 Å². The zero-order chi connectivity index (χ0) is 12.7. The molecule has 2 N–H and O–H groups in total. The van der Waals surface area contributed by atoms with Gasteiger partial charge in [0, 0.05) is 13.0 Å². The highest BCUT2D eigenvalue weighted by atomic mass is 79.9. The molecule has 0 fully saturated rings. The van der Waals surface area contributed by atoms with Crippen molar-refractivity contribution >= 4 is 15.9 Å². The molecule has 0 saturated heterocycles. The minimum atomic E-state index is -0.386. The van der Waals surface area contributed by atoms with Gasteiger partial charge in [0.15, 0.2) is 11.5 Å². The normalized spacial score (nSPS) is 10.4. The van der Waals surface area contributed by atoms with Crippen LogP contribution in [0.3, 0.4) is 0 Å². The van der Waals surface area contributed by atoms with Crippen molar-refractivity contribution in [1.82, 2.24) is 0 Å². The second-order valence-electron chi connectivity index (χ2n) is 3.43. The lowest BCUT2D eigenvalue weighted by Crippen LogP contribution is -2.04. The Bertz CT molecular complexity index is 361. The summed E-state index contributed by atoms with van der Waals surface area (Å²) in [5.74, 6) is 1.25. The molecule has 0 aromatic heterocycles. The summed E-state index contributed by atoms with van der Waals surface area (Å²) in [5.41, 5.74) is 6.55. The van der Waals surface area contributed by atoms with Crippen molar-refractivity contribution in [3.8, 4) is 11.5 Å². The molecule has 1 rings (SSSR count). The predicted octanol–water partition coefficient (Wildman–Crippen LogP) is 3.04. The van der Waals surface area contributed by atoms with E-state index >= 15 is 0 Å². The van der Waals surface area contributed by atoms with Gasteiger partial charge in [-0.25, -0.2) is 0 Å². The maximum absolute atomic E-state index is 12.0. The van der Waals surface area contributed by atoms with Crippen LogP contribution in [0, 0.1) is 0 Å². The number of hydrogen-bond donors (Lipinski definition) is 1. The van der Waals surface area contributed by atoms with Gasteiger partial charge in [-0.2, -0.15) is 0 Å². The SMILES string of the molecule is CCOc1cc(CN)cc(Br)c1OCCCF. The molecule has 0 bridgehead atoms. The molecule has 0 aliphatic heterocycles. The molecule has 0 amide bonds. The van der Waals surface area contributed by atoms with E-state index in [9.17, 15) is 4.39 Å². The fourth-order valence-corrected chi connectivity index (χ4v) is 1.97. The van der Waals surface area contributed by atoms with Gasteiger partial charge in [0.05, 0.1) is 24.4 Å². The number of hydrogen-bond acceptors (Lipinski definition) is 3. The van der Waals surface area contributed by atoms with Gasteiger partial charge in [0.2, 0.25) is 0 Å². The maximum Gasteiger partial charge on any atom is 0.175 e. The molecule has 3 nitrogen and oxygen atoms in total. The lowest BCUT2D eigenvalue weighted by molar-refractivity contribution is 0.261. The molecule has 0 aliphatic rings. The van der Waals surface area contributed by atoms with Gasteiger partial charge in [-0.3, -0.25) is 4.39 Å². The number of halogens is 2. The van der Waals surface area contributed by atoms with Gasteiger partial charge in [0.1, 0.15) is 0 Å². The first-order chi connectivity index (χ1) is 8.22. The van der Waals surface area contributed by atoms with Gasteiger partial charge in [-0.15, -0.1) is 0 Å². The van der Waals surface area contributed by atoms with Crippen molar-refractivity contribution in [2.24, 2.45) is 5.73 Å². The van der Waals surface area contributed by atoms with E-state index in [1.54, 1.807) is 0 Å². The van der Waals surface area contributed by atoms with Crippen LogP contribution in [0.25, 0.3) is 0 Å². The maximum atomic E-state index is 12.0. The summed E-state index contributed by atoms with van der Waals surface area (Å²) in [5, 5.41) is 0. The van der Waals surface area contributed by atoms with Crippen molar-refractivity contribution in [3.63, 3.8) is 0 Å². The van der Waals surface area contributed by atoms with E-state index in [0.717, 1.165) is 10.0 Å². The lowest BCUT2D eigenvalue weighted by Gasteiger charge is -2.14. The highest BCUT2D eigenvalue weighted by molar-refractivity contribution is 9.10. The monoisotopic (exact) mass is 305 g/mol. The minimum Gasteiger partial charge on any atom is -0.490 e. The Morgan fingerprint density at radius 1 is 1.35 bits per heavy atom. The summed E-state index contributed by atoms with van der Waals surface area (Å²) in [6, 6.07) is 3.73. The smallest absolute Gasteiger partial charge is 0.175 e. The van der Waals surface area contributed by atoms with E-state index < -0.39 is 0 Å². The van der Waals surface area contributed by atoms with Crippen molar-refractivity contribution in [2.45, 2.75) is 19.9 Å². The zero-order valence-corrected chi connectivity index (χ0v) is 11.4. The molecule has 17 heavy (non-hydrogen) atoms. The Morgan fingerprint density at radius 3 is 2.71 bits per heavy atom. The summed E-state index contributed by atoms with van der Waals surface area (Å²) >= 11 is 3.41. The molecule has 0 aliphatic carbocycles. The fraction of sp³-hybridized carbons (Fsp3) is 0.500. The Labute approximate surface area is 109 Å². The summed E-state index contributed by atoms with van der Waals surface area (Å²) in [4.78, 5) is 0. The molecule has 0 unspecified atom stereocenters. The van der Waals surface area contributed by atoms with Crippen LogP contribution in [0.2, 0.25) is 0 Å². The van der Waals surface area contributed by atoms with Crippen LogP contribution in [0.5, 0.6) is 11.5 Å². The van der Waals surface area contributed by atoms with E-state index in [1.165, 1.54) is 0 Å². The number of nitrogens with two attached hydrogens (primary N) is 1. The van der Waals surface area contributed by atoms with E-state index in [4.69, 9.17) is 15.2 Å². The van der Waals surface area contributed by atoms with Crippen LogP contribution in [-0.2, 0) is 6.54 Å². The average Bonchev–Trinajstić information content (AvgIpc) is 2.32. The first-order valence-electron chi connectivity index (χ1n) is 5.57. The topological polar surface area (TPSA) is 44.5 Å². The molecule has 1 aromatic carbocycles. The Morgan fingerprint density at radius 2 is 2.12 bits per heavy atom. The molecule has 0 radical (unpaired) electrons. The van der Waals surface area contributed by atoms with E-state index in [-0.39, 0.29) is 6.67 Å². The van der Waals surface area contributed by atoms with E-state index in [0.29, 0.717) is 37.7 Å². The third-order valence-corrected chi connectivity index (χ3v) is 2.72. The van der Waals surface area contributed by atoms with Crippen molar-refractivity contribution < 1.29 is 13.9 Å². The molecule has 96 valence electrons. The summed E-state index contributed by atoms with van der Waals surface area (Å²) in [6.45, 7) is 2.82. The van der Waals surface area contributed by atoms with Gasteiger partial charge in [-0.05, 0) is 40.5 Å². The van der Waals surface area contributed by atoms with E-state index in [1.807, 2.05) is 19.1 Å². The first-order valence-corrected chi connectivity index (χ1v) is 6.36. The third-order valence-electron chi connectivity index (χ3n) is 2.13. The van der Waals surface area contributed by atoms with Crippen molar-refractivity contribution in [2.75, 3.05) is 19.9 Å². The molecule has 5 heteroatoms. The van der Waals surface area contributed by atoms with Crippen molar-refractivity contribution in [1.29, 1.82) is 0 Å². The number of ether oxygens (including phenoxy) is 2. The van der Waals surface area contributed by atoms with E-state index in [2.05, 4.69) is 15.9 Å². The minimum absolute atomic E-state index is 0.331.